The minimum absolute atomic E-state index is 1.03. The maximum Gasteiger partial charge on any atom is 0.0931 e. The van der Waals surface area contributed by atoms with Crippen molar-refractivity contribution in [2.75, 3.05) is 0 Å². The van der Waals surface area contributed by atoms with Gasteiger partial charge in [-0.25, -0.2) is 9.97 Å². The largest absolute Gasteiger partial charge is 0.345 e. The number of para-hydroxylation sites is 4. The summed E-state index contributed by atoms with van der Waals surface area (Å²) in [5.74, 6) is 0. The second kappa shape index (κ2) is 4.71. The van der Waals surface area contributed by atoms with Gasteiger partial charge in [0.25, 0.3) is 0 Å². The van der Waals surface area contributed by atoms with Gasteiger partial charge in [-0.05, 0) is 24.3 Å². The maximum absolute atomic E-state index is 4.06. The molecule has 0 atom stereocenters. The molecule has 0 saturated heterocycles. The van der Waals surface area contributed by atoms with Crippen LogP contribution in [-0.2, 0) is 0 Å². The number of H-pyrrole nitrogens is 2. The zero-order valence-electron chi connectivity index (χ0n) is 9.67. The zero-order chi connectivity index (χ0) is 12.2. The summed E-state index contributed by atoms with van der Waals surface area (Å²) in [4.78, 5) is 14.1. The molecule has 0 saturated carbocycles. The van der Waals surface area contributed by atoms with Gasteiger partial charge in [-0.1, -0.05) is 24.3 Å². The summed E-state index contributed by atoms with van der Waals surface area (Å²) >= 11 is 0. The van der Waals surface area contributed by atoms with E-state index in [0.29, 0.717) is 0 Å². The summed E-state index contributed by atoms with van der Waals surface area (Å²) < 4.78 is 0. The van der Waals surface area contributed by atoms with E-state index in [1.165, 1.54) is 0 Å². The summed E-state index contributed by atoms with van der Waals surface area (Å²) in [6.07, 6.45) is 3.40. The van der Waals surface area contributed by atoms with Crippen molar-refractivity contribution < 1.29 is 0 Å². The first-order chi connectivity index (χ1) is 8.93. The molecule has 4 nitrogen and oxygen atoms in total. The monoisotopic (exact) mass is 236 g/mol. The highest BCUT2D eigenvalue weighted by atomic mass is 14.9. The van der Waals surface area contributed by atoms with Crippen LogP contribution < -0.4 is 0 Å². The lowest BCUT2D eigenvalue weighted by Crippen LogP contribution is -1.63. The molecule has 0 fully saturated rings. The molecule has 0 spiro atoms. The van der Waals surface area contributed by atoms with Gasteiger partial charge in [0.2, 0.25) is 0 Å². The number of rotatable bonds is 0. The van der Waals surface area contributed by atoms with Crippen LogP contribution in [0.1, 0.15) is 0 Å². The van der Waals surface area contributed by atoms with Crippen LogP contribution in [0.4, 0.5) is 0 Å². The van der Waals surface area contributed by atoms with Crippen molar-refractivity contribution >= 4 is 22.1 Å². The summed E-state index contributed by atoms with van der Waals surface area (Å²) in [5, 5.41) is 0. The lowest BCUT2D eigenvalue weighted by Gasteiger charge is -1.81. The van der Waals surface area contributed by atoms with E-state index >= 15 is 0 Å². The van der Waals surface area contributed by atoms with E-state index in [-0.39, 0.29) is 0 Å². The molecular weight excluding hydrogens is 224 g/mol. The molecule has 0 amide bonds. The Kier molecular flexibility index (Phi) is 2.75. The Hall–Kier alpha value is -2.62. The standard InChI is InChI=1S/2C7H6N2/c2*1-2-4-7-6(3-1)8-5-9-7/h2*1-5H,(H,8,9). The molecule has 4 aromatic rings. The molecule has 2 N–H and O–H groups in total. The van der Waals surface area contributed by atoms with Crippen LogP contribution >= 0.6 is 0 Å². The van der Waals surface area contributed by atoms with Crippen molar-refractivity contribution in [3.05, 3.63) is 61.2 Å². The number of aromatic amines is 2. The minimum atomic E-state index is 1.03. The van der Waals surface area contributed by atoms with Crippen molar-refractivity contribution in [1.29, 1.82) is 0 Å². The van der Waals surface area contributed by atoms with Gasteiger partial charge in [-0.3, -0.25) is 0 Å². The van der Waals surface area contributed by atoms with E-state index in [9.17, 15) is 0 Å². The summed E-state index contributed by atoms with van der Waals surface area (Å²) in [6, 6.07) is 15.9. The second-order valence-electron chi connectivity index (χ2n) is 3.84. The summed E-state index contributed by atoms with van der Waals surface area (Å²) in [6.45, 7) is 0. The highest BCUT2D eigenvalue weighted by Gasteiger charge is 1.89. The minimum Gasteiger partial charge on any atom is -0.345 e. The SMILES string of the molecule is c1ccc2[nH]cnc2c1.c1ccc2[nH]cnc2c1. The average Bonchev–Trinajstić information content (AvgIpc) is 3.08. The van der Waals surface area contributed by atoms with E-state index in [1.54, 1.807) is 12.7 Å². The molecule has 18 heavy (non-hydrogen) atoms. The number of aromatic nitrogens is 4. The molecule has 4 rings (SSSR count). The maximum atomic E-state index is 4.06. The lowest BCUT2D eigenvalue weighted by atomic mass is 10.3. The second-order valence-corrected chi connectivity index (χ2v) is 3.84. The Bertz CT molecular complexity index is 628. The molecule has 2 aromatic carbocycles. The predicted molar refractivity (Wildman–Crippen MR) is 72.2 cm³/mol. The van der Waals surface area contributed by atoms with Gasteiger partial charge in [-0.2, -0.15) is 0 Å². The van der Waals surface area contributed by atoms with E-state index in [4.69, 9.17) is 0 Å². The Labute approximate surface area is 104 Å². The molecule has 0 aliphatic rings. The fourth-order valence-corrected chi connectivity index (χ4v) is 1.76. The normalized spacial score (nSPS) is 10.2. The van der Waals surface area contributed by atoms with Crippen molar-refractivity contribution in [2.45, 2.75) is 0 Å². The van der Waals surface area contributed by atoms with Crippen LogP contribution in [0.5, 0.6) is 0 Å². The summed E-state index contributed by atoms with van der Waals surface area (Å²) in [7, 11) is 0. The van der Waals surface area contributed by atoms with E-state index in [2.05, 4.69) is 19.9 Å². The average molecular weight is 236 g/mol. The van der Waals surface area contributed by atoms with Crippen LogP contribution in [0.15, 0.2) is 61.2 Å². The van der Waals surface area contributed by atoms with Crippen LogP contribution in [0, 0.1) is 0 Å². The first-order valence-corrected chi connectivity index (χ1v) is 5.70. The topological polar surface area (TPSA) is 57.4 Å². The molecule has 0 unspecified atom stereocenters. The van der Waals surface area contributed by atoms with Gasteiger partial charge in [0.1, 0.15) is 0 Å². The third-order valence-corrected chi connectivity index (χ3v) is 2.66. The van der Waals surface area contributed by atoms with Gasteiger partial charge in [0, 0.05) is 0 Å². The van der Waals surface area contributed by atoms with Gasteiger partial charge >= 0.3 is 0 Å². The molecule has 2 heterocycles. The Balaban J connectivity index is 0.000000111. The number of nitrogens with one attached hydrogen (secondary N) is 2. The molecule has 0 radical (unpaired) electrons. The number of fused-ring (bicyclic) bond motifs is 2. The number of hydrogen-bond acceptors (Lipinski definition) is 2. The third kappa shape index (κ3) is 2.08. The molecule has 0 aliphatic carbocycles. The lowest BCUT2D eigenvalue weighted by molar-refractivity contribution is 1.34. The van der Waals surface area contributed by atoms with E-state index < -0.39 is 0 Å². The number of nitrogens with zero attached hydrogens (tertiary/aromatic N) is 2. The highest BCUT2D eigenvalue weighted by Crippen LogP contribution is 2.06. The molecule has 88 valence electrons. The third-order valence-electron chi connectivity index (χ3n) is 2.66. The Morgan fingerprint density at radius 2 is 1.06 bits per heavy atom. The number of hydrogen-bond donors (Lipinski definition) is 2. The molecule has 0 bridgehead atoms. The fourth-order valence-electron chi connectivity index (χ4n) is 1.76. The van der Waals surface area contributed by atoms with Crippen LogP contribution in [0.3, 0.4) is 0 Å². The molecule has 0 aliphatic heterocycles. The zero-order valence-corrected chi connectivity index (χ0v) is 9.67. The van der Waals surface area contributed by atoms with Crippen molar-refractivity contribution in [1.82, 2.24) is 19.9 Å². The number of benzene rings is 2. The highest BCUT2D eigenvalue weighted by molar-refractivity contribution is 5.74. The first kappa shape index (κ1) is 10.5. The first-order valence-electron chi connectivity index (χ1n) is 5.70. The van der Waals surface area contributed by atoms with Gasteiger partial charge < -0.3 is 9.97 Å². The Morgan fingerprint density at radius 1 is 0.611 bits per heavy atom. The predicted octanol–water partition coefficient (Wildman–Crippen LogP) is 3.13. The Morgan fingerprint density at radius 3 is 1.50 bits per heavy atom. The van der Waals surface area contributed by atoms with E-state index in [0.717, 1.165) is 22.1 Å². The molecule has 2 aromatic heterocycles. The summed E-state index contributed by atoms with van der Waals surface area (Å²) in [5.41, 5.74) is 4.24. The molecular formula is C14H12N4. The van der Waals surface area contributed by atoms with Crippen molar-refractivity contribution in [3.8, 4) is 0 Å². The van der Waals surface area contributed by atoms with Gasteiger partial charge in [0.05, 0.1) is 34.7 Å². The molecule has 4 heteroatoms. The smallest absolute Gasteiger partial charge is 0.0931 e. The van der Waals surface area contributed by atoms with Crippen LogP contribution in [0.2, 0.25) is 0 Å². The van der Waals surface area contributed by atoms with Crippen LogP contribution in [-0.4, -0.2) is 19.9 Å². The van der Waals surface area contributed by atoms with Gasteiger partial charge in [-0.15, -0.1) is 0 Å². The van der Waals surface area contributed by atoms with E-state index in [1.807, 2.05) is 48.5 Å². The van der Waals surface area contributed by atoms with Crippen molar-refractivity contribution in [2.24, 2.45) is 0 Å². The van der Waals surface area contributed by atoms with Crippen molar-refractivity contribution in [3.63, 3.8) is 0 Å². The van der Waals surface area contributed by atoms with Gasteiger partial charge in [0.15, 0.2) is 0 Å². The fraction of sp³-hybridized carbons (Fsp3) is 0. The number of imidazole rings is 2. The quantitative estimate of drug-likeness (QED) is 0.493. The van der Waals surface area contributed by atoms with Crippen LogP contribution in [0.25, 0.3) is 22.1 Å².